The summed E-state index contributed by atoms with van der Waals surface area (Å²) in [4.78, 5) is 14.4. The van der Waals surface area contributed by atoms with Crippen LogP contribution in [0.25, 0.3) is 0 Å². The fourth-order valence-electron chi connectivity index (χ4n) is 0.559. The number of hydrogen-bond acceptors (Lipinski definition) is 3. The van der Waals surface area contributed by atoms with Crippen LogP contribution in [0.5, 0.6) is 0 Å². The van der Waals surface area contributed by atoms with Gasteiger partial charge in [-0.2, -0.15) is 5.10 Å². The highest BCUT2D eigenvalue weighted by Crippen LogP contribution is 1.83. The number of rotatable bonds is 3. The molecule has 0 spiro atoms. The van der Waals surface area contributed by atoms with E-state index in [1.807, 2.05) is 0 Å². The molecule has 0 aliphatic heterocycles. The lowest BCUT2D eigenvalue weighted by Gasteiger charge is -1.96. The number of aromatic amines is 1. The molecule has 5 nitrogen and oxygen atoms in total. The Morgan fingerprint density at radius 3 is 3.18 bits per heavy atom. The molecule has 0 unspecified atom stereocenters. The Morgan fingerprint density at radius 1 is 1.82 bits per heavy atom. The van der Waals surface area contributed by atoms with Gasteiger partial charge in [0.25, 0.3) is 5.91 Å². The smallest absolute Gasteiger partial charge is 0.288 e. The van der Waals surface area contributed by atoms with Crippen molar-refractivity contribution in [3.8, 4) is 0 Å². The molecule has 0 aromatic carbocycles. The van der Waals surface area contributed by atoms with Gasteiger partial charge in [-0.05, 0) is 0 Å². The summed E-state index contributed by atoms with van der Waals surface area (Å²) in [5.74, 6) is -0.349. The molecule has 6 heteroatoms. The molecule has 0 aliphatic carbocycles. The minimum absolute atomic E-state index is 0.000463. The third-order valence-corrected chi connectivity index (χ3v) is 1.01. The molecule has 11 heavy (non-hydrogen) atoms. The van der Waals surface area contributed by atoms with Gasteiger partial charge in [0.05, 0.1) is 0 Å². The third kappa shape index (κ3) is 1.99. The molecular weight excluding hydrogens is 151 g/mol. The van der Waals surface area contributed by atoms with E-state index < -0.39 is 12.6 Å². The van der Waals surface area contributed by atoms with Crippen LogP contribution in [0.15, 0.2) is 6.33 Å². The molecule has 0 fully saturated rings. The number of hydrogen-bond donors (Lipinski definition) is 2. The maximum Gasteiger partial charge on any atom is 0.288 e. The molecule has 0 bridgehead atoms. The monoisotopic (exact) mass is 158 g/mol. The van der Waals surface area contributed by atoms with E-state index in [4.69, 9.17) is 0 Å². The summed E-state index contributed by atoms with van der Waals surface area (Å²) in [5.41, 5.74) is 0. The highest BCUT2D eigenvalue weighted by atomic mass is 19.1. The van der Waals surface area contributed by atoms with Crippen molar-refractivity contribution in [3.05, 3.63) is 12.2 Å². The Balaban J connectivity index is 2.43. The highest BCUT2D eigenvalue weighted by molar-refractivity contribution is 5.90. The quantitative estimate of drug-likeness (QED) is 0.623. The second-order valence-corrected chi connectivity index (χ2v) is 1.78. The van der Waals surface area contributed by atoms with Crippen molar-refractivity contribution in [1.82, 2.24) is 20.5 Å². The molecule has 0 saturated heterocycles. The molecule has 1 rings (SSSR count). The second-order valence-electron chi connectivity index (χ2n) is 1.78. The number of amides is 1. The number of alkyl halides is 1. The maximum atomic E-state index is 11.5. The van der Waals surface area contributed by atoms with Crippen LogP contribution < -0.4 is 5.32 Å². The van der Waals surface area contributed by atoms with E-state index in [2.05, 4.69) is 20.5 Å². The number of H-pyrrole nitrogens is 1. The van der Waals surface area contributed by atoms with Crippen molar-refractivity contribution in [3.63, 3.8) is 0 Å². The van der Waals surface area contributed by atoms with Gasteiger partial charge >= 0.3 is 0 Å². The average Bonchev–Trinajstić information content (AvgIpc) is 2.52. The van der Waals surface area contributed by atoms with Crippen molar-refractivity contribution in [2.45, 2.75) is 0 Å². The second kappa shape index (κ2) is 3.65. The predicted molar refractivity (Wildman–Crippen MR) is 34.7 cm³/mol. The van der Waals surface area contributed by atoms with Crippen LogP contribution in [0.1, 0.15) is 10.6 Å². The van der Waals surface area contributed by atoms with Gasteiger partial charge in [-0.1, -0.05) is 0 Å². The number of halogens is 1. The number of carbonyl (C=O) groups excluding carboxylic acids is 1. The predicted octanol–water partition coefficient (Wildman–Crippen LogP) is -0.496. The first-order valence-electron chi connectivity index (χ1n) is 3.04. The molecule has 0 saturated carbocycles. The van der Waals surface area contributed by atoms with E-state index in [1.165, 1.54) is 6.33 Å². The molecular formula is C5H7FN4O. The number of nitrogens with zero attached hydrogens (tertiary/aromatic N) is 2. The SMILES string of the molecule is O=C(NCCF)c1ncn[nH]1. The normalized spacial score (nSPS) is 9.55. The first-order valence-corrected chi connectivity index (χ1v) is 3.04. The zero-order chi connectivity index (χ0) is 8.10. The highest BCUT2D eigenvalue weighted by Gasteiger charge is 2.05. The average molecular weight is 158 g/mol. The zero-order valence-electron chi connectivity index (χ0n) is 5.67. The van der Waals surface area contributed by atoms with Gasteiger partial charge < -0.3 is 5.32 Å². The molecule has 0 aliphatic rings. The van der Waals surface area contributed by atoms with E-state index in [0.717, 1.165) is 0 Å². The molecule has 1 amide bonds. The van der Waals surface area contributed by atoms with E-state index in [9.17, 15) is 9.18 Å². The number of aromatic nitrogens is 3. The minimum Gasteiger partial charge on any atom is -0.347 e. The standard InChI is InChI=1S/C5H7FN4O/c6-1-2-7-5(11)4-8-3-9-10-4/h3H,1-2H2,(H,7,11)(H,8,9,10). The van der Waals surface area contributed by atoms with Gasteiger partial charge in [0.2, 0.25) is 5.82 Å². The summed E-state index contributed by atoms with van der Waals surface area (Å²) >= 11 is 0. The van der Waals surface area contributed by atoms with Crippen molar-refractivity contribution < 1.29 is 9.18 Å². The van der Waals surface area contributed by atoms with Crippen LogP contribution in [-0.2, 0) is 0 Å². The Kier molecular flexibility index (Phi) is 2.53. The lowest BCUT2D eigenvalue weighted by atomic mass is 10.5. The summed E-state index contributed by atoms with van der Waals surface area (Å²) in [6.07, 6.45) is 1.21. The molecule has 0 atom stereocenters. The minimum atomic E-state index is -0.583. The lowest BCUT2D eigenvalue weighted by molar-refractivity contribution is 0.0941. The van der Waals surface area contributed by atoms with Crippen molar-refractivity contribution in [1.29, 1.82) is 0 Å². The largest absolute Gasteiger partial charge is 0.347 e. The number of carbonyl (C=O) groups is 1. The fourth-order valence-corrected chi connectivity index (χ4v) is 0.559. The van der Waals surface area contributed by atoms with E-state index in [-0.39, 0.29) is 12.4 Å². The zero-order valence-corrected chi connectivity index (χ0v) is 5.67. The number of nitrogens with one attached hydrogen (secondary N) is 2. The van der Waals surface area contributed by atoms with Crippen LogP contribution in [0.3, 0.4) is 0 Å². The van der Waals surface area contributed by atoms with Crippen molar-refractivity contribution in [2.75, 3.05) is 13.2 Å². The van der Waals surface area contributed by atoms with Crippen LogP contribution in [0.4, 0.5) is 4.39 Å². The van der Waals surface area contributed by atoms with Gasteiger partial charge in [-0.3, -0.25) is 9.89 Å². The molecule has 2 N–H and O–H groups in total. The molecule has 1 aromatic heterocycles. The molecule has 0 radical (unpaired) electrons. The Hall–Kier alpha value is -1.46. The maximum absolute atomic E-state index is 11.5. The van der Waals surface area contributed by atoms with E-state index >= 15 is 0 Å². The Labute approximate surface area is 62.0 Å². The third-order valence-electron chi connectivity index (χ3n) is 1.01. The topological polar surface area (TPSA) is 70.7 Å². The summed E-state index contributed by atoms with van der Waals surface area (Å²) < 4.78 is 11.5. The lowest BCUT2D eigenvalue weighted by Crippen LogP contribution is -2.26. The van der Waals surface area contributed by atoms with Crippen LogP contribution in [-0.4, -0.2) is 34.3 Å². The molecule has 1 aromatic rings. The Morgan fingerprint density at radius 2 is 2.64 bits per heavy atom. The Bertz CT molecular complexity index is 222. The van der Waals surface area contributed by atoms with Crippen molar-refractivity contribution >= 4 is 5.91 Å². The van der Waals surface area contributed by atoms with Crippen molar-refractivity contribution in [2.24, 2.45) is 0 Å². The first kappa shape index (κ1) is 7.64. The molecule has 60 valence electrons. The summed E-state index contributed by atoms with van der Waals surface area (Å²) in [7, 11) is 0. The van der Waals surface area contributed by atoms with Crippen LogP contribution >= 0.6 is 0 Å². The van der Waals surface area contributed by atoms with Gasteiger partial charge in [0.1, 0.15) is 13.0 Å². The summed E-state index contributed by atoms with van der Waals surface area (Å²) in [6.45, 7) is -0.584. The summed E-state index contributed by atoms with van der Waals surface area (Å²) in [5, 5.41) is 8.10. The van der Waals surface area contributed by atoms with Crippen LogP contribution in [0.2, 0.25) is 0 Å². The fraction of sp³-hybridized carbons (Fsp3) is 0.400. The van der Waals surface area contributed by atoms with Crippen LogP contribution in [0, 0.1) is 0 Å². The van der Waals surface area contributed by atoms with Gasteiger partial charge in [-0.25, -0.2) is 9.37 Å². The van der Waals surface area contributed by atoms with Gasteiger partial charge in [0, 0.05) is 6.54 Å². The first-order chi connectivity index (χ1) is 5.34. The van der Waals surface area contributed by atoms with Gasteiger partial charge in [0.15, 0.2) is 0 Å². The van der Waals surface area contributed by atoms with Gasteiger partial charge in [-0.15, -0.1) is 0 Å². The summed E-state index contributed by atoms with van der Waals surface area (Å²) in [6, 6.07) is 0. The van der Waals surface area contributed by atoms with E-state index in [1.54, 1.807) is 0 Å². The van der Waals surface area contributed by atoms with E-state index in [0.29, 0.717) is 0 Å². The molecule has 1 heterocycles.